The van der Waals surface area contributed by atoms with Crippen LogP contribution in [0.3, 0.4) is 0 Å². The van der Waals surface area contributed by atoms with E-state index in [4.69, 9.17) is 9.72 Å². The smallest absolute Gasteiger partial charge is 0.341 e. The predicted octanol–water partition coefficient (Wildman–Crippen LogP) is 7.22. The van der Waals surface area contributed by atoms with Crippen molar-refractivity contribution >= 4 is 39.1 Å². The number of para-hydroxylation sites is 1. The first-order valence-corrected chi connectivity index (χ1v) is 13.4. The number of ether oxygens (including phenoxy) is 1. The van der Waals surface area contributed by atoms with Gasteiger partial charge in [-0.05, 0) is 55.4 Å². The number of thiophene rings is 1. The van der Waals surface area contributed by atoms with Crippen molar-refractivity contribution in [1.29, 1.82) is 0 Å². The maximum atomic E-state index is 13.7. The highest BCUT2D eigenvalue weighted by molar-refractivity contribution is 7.17. The van der Waals surface area contributed by atoms with Crippen LogP contribution in [0.2, 0.25) is 0 Å². The third kappa shape index (κ3) is 4.78. The van der Waals surface area contributed by atoms with Crippen LogP contribution < -0.4 is 5.32 Å². The molecule has 1 aliphatic rings. The fraction of sp³-hybridized carbons (Fsp3) is 0.300. The number of benzene rings is 2. The number of aryl methyl sites for hydroxylation is 2. The van der Waals surface area contributed by atoms with Gasteiger partial charge in [-0.25, -0.2) is 9.78 Å². The zero-order valence-corrected chi connectivity index (χ0v) is 21.5. The number of amides is 1. The van der Waals surface area contributed by atoms with Crippen LogP contribution in [0.1, 0.15) is 69.3 Å². The summed E-state index contributed by atoms with van der Waals surface area (Å²) in [4.78, 5) is 32.6. The van der Waals surface area contributed by atoms with Gasteiger partial charge in [0.25, 0.3) is 5.91 Å². The lowest BCUT2D eigenvalue weighted by Gasteiger charge is -2.12. The van der Waals surface area contributed by atoms with Gasteiger partial charge in [0.1, 0.15) is 5.00 Å². The van der Waals surface area contributed by atoms with Gasteiger partial charge in [-0.15, -0.1) is 11.3 Å². The standard InChI is InChI=1S/C30H30N2O3S/c1-3-19-14-16-20(17-15-19)25-18-23(21-10-8-9-12-24(21)31-25)28(33)32-29-27(30(34)35-2)22-11-6-4-5-7-13-26(22)36-29/h8-10,12,14-18H,3-7,11,13H2,1-2H3,(H,32,33). The molecular formula is C30H30N2O3S. The van der Waals surface area contributed by atoms with E-state index in [0.29, 0.717) is 16.1 Å². The van der Waals surface area contributed by atoms with E-state index >= 15 is 0 Å². The van der Waals surface area contributed by atoms with E-state index in [1.165, 1.54) is 35.3 Å². The minimum Gasteiger partial charge on any atom is -0.465 e. The van der Waals surface area contributed by atoms with Gasteiger partial charge in [0, 0.05) is 15.8 Å². The first-order chi connectivity index (χ1) is 17.6. The van der Waals surface area contributed by atoms with E-state index in [1.807, 2.05) is 42.5 Å². The number of fused-ring (bicyclic) bond motifs is 2. The number of esters is 1. The van der Waals surface area contributed by atoms with Gasteiger partial charge in [0.05, 0.1) is 29.4 Å². The number of hydrogen-bond donors (Lipinski definition) is 1. The summed E-state index contributed by atoms with van der Waals surface area (Å²) in [7, 11) is 1.40. The number of methoxy groups -OCH3 is 1. The Hall–Kier alpha value is -3.51. The maximum absolute atomic E-state index is 13.7. The van der Waals surface area contributed by atoms with Crippen LogP contribution in [-0.4, -0.2) is 24.0 Å². The minimum atomic E-state index is -0.389. The van der Waals surface area contributed by atoms with Crippen molar-refractivity contribution < 1.29 is 14.3 Å². The lowest BCUT2D eigenvalue weighted by atomic mass is 9.96. The quantitative estimate of drug-likeness (QED) is 0.295. The van der Waals surface area contributed by atoms with E-state index in [0.717, 1.165) is 66.2 Å². The molecule has 0 bridgehead atoms. The monoisotopic (exact) mass is 498 g/mol. The van der Waals surface area contributed by atoms with E-state index < -0.39 is 0 Å². The molecule has 0 atom stereocenters. The Bertz CT molecular complexity index is 1420. The SMILES string of the molecule is CCc1ccc(-c2cc(C(=O)Nc3sc4c(c3C(=O)OC)CCCCCC4)c3ccccc3n2)cc1. The molecule has 2 heterocycles. The maximum Gasteiger partial charge on any atom is 0.341 e. The van der Waals surface area contributed by atoms with Crippen LogP contribution in [-0.2, 0) is 24.0 Å². The van der Waals surface area contributed by atoms with Gasteiger partial charge in [-0.2, -0.15) is 0 Å². The Morgan fingerprint density at radius 3 is 2.50 bits per heavy atom. The molecule has 0 spiro atoms. The number of nitrogens with zero attached hydrogens (tertiary/aromatic N) is 1. The van der Waals surface area contributed by atoms with E-state index in [-0.39, 0.29) is 11.9 Å². The molecule has 6 heteroatoms. The first kappa shape index (κ1) is 24.2. The van der Waals surface area contributed by atoms with Gasteiger partial charge in [0.15, 0.2) is 0 Å². The van der Waals surface area contributed by atoms with Crippen LogP contribution in [0, 0.1) is 0 Å². The van der Waals surface area contributed by atoms with Crippen LogP contribution >= 0.6 is 11.3 Å². The predicted molar refractivity (Wildman–Crippen MR) is 146 cm³/mol. The molecule has 36 heavy (non-hydrogen) atoms. The van der Waals surface area contributed by atoms with E-state index in [2.05, 4.69) is 24.4 Å². The van der Waals surface area contributed by atoms with Crippen molar-refractivity contribution in [2.24, 2.45) is 0 Å². The van der Waals surface area contributed by atoms with Gasteiger partial charge in [-0.3, -0.25) is 4.79 Å². The highest BCUT2D eigenvalue weighted by Crippen LogP contribution is 2.38. The summed E-state index contributed by atoms with van der Waals surface area (Å²) >= 11 is 1.51. The fourth-order valence-electron chi connectivity index (χ4n) is 4.92. The second-order valence-electron chi connectivity index (χ2n) is 9.19. The van der Waals surface area contributed by atoms with Crippen molar-refractivity contribution in [2.45, 2.75) is 51.9 Å². The highest BCUT2D eigenvalue weighted by Gasteiger charge is 2.26. The molecule has 2 aromatic heterocycles. The Morgan fingerprint density at radius 2 is 1.75 bits per heavy atom. The Labute approximate surface area is 215 Å². The summed E-state index contributed by atoms with van der Waals surface area (Å²) in [5, 5.41) is 4.43. The highest BCUT2D eigenvalue weighted by atomic mass is 32.1. The van der Waals surface area contributed by atoms with Gasteiger partial charge >= 0.3 is 5.97 Å². The minimum absolute atomic E-state index is 0.251. The average molecular weight is 499 g/mol. The molecular weight excluding hydrogens is 468 g/mol. The number of hydrogen-bond acceptors (Lipinski definition) is 5. The van der Waals surface area contributed by atoms with Gasteiger partial charge in [0.2, 0.25) is 0 Å². The first-order valence-electron chi connectivity index (χ1n) is 12.6. The molecule has 0 aliphatic heterocycles. The summed E-state index contributed by atoms with van der Waals surface area (Å²) in [5.41, 5.74) is 5.80. The topological polar surface area (TPSA) is 68.3 Å². The number of aromatic nitrogens is 1. The van der Waals surface area contributed by atoms with Crippen molar-refractivity contribution in [2.75, 3.05) is 12.4 Å². The largest absolute Gasteiger partial charge is 0.465 e. The molecule has 0 saturated heterocycles. The normalized spacial score (nSPS) is 13.5. The zero-order chi connectivity index (χ0) is 25.1. The second-order valence-corrected chi connectivity index (χ2v) is 10.3. The zero-order valence-electron chi connectivity index (χ0n) is 20.7. The number of nitrogens with one attached hydrogen (secondary N) is 1. The van der Waals surface area contributed by atoms with Crippen LogP contribution in [0.5, 0.6) is 0 Å². The molecule has 2 aromatic carbocycles. The van der Waals surface area contributed by atoms with Gasteiger partial charge < -0.3 is 10.1 Å². The summed E-state index contributed by atoms with van der Waals surface area (Å²) in [6.07, 6.45) is 7.21. The lowest BCUT2D eigenvalue weighted by molar-refractivity contribution is 0.0601. The molecule has 0 saturated carbocycles. The Balaban J connectivity index is 1.56. The van der Waals surface area contributed by atoms with E-state index in [9.17, 15) is 9.59 Å². The third-order valence-electron chi connectivity index (χ3n) is 6.91. The lowest BCUT2D eigenvalue weighted by Crippen LogP contribution is -2.15. The van der Waals surface area contributed by atoms with Crippen molar-refractivity contribution in [3.05, 3.63) is 81.7 Å². The Kier molecular flexibility index (Phi) is 7.14. The van der Waals surface area contributed by atoms with Crippen LogP contribution in [0.25, 0.3) is 22.2 Å². The second kappa shape index (κ2) is 10.6. The van der Waals surface area contributed by atoms with Crippen molar-refractivity contribution in [3.63, 3.8) is 0 Å². The molecule has 0 unspecified atom stereocenters. The number of carbonyl (C=O) groups is 2. The molecule has 5 nitrogen and oxygen atoms in total. The molecule has 5 rings (SSSR count). The van der Waals surface area contributed by atoms with Crippen molar-refractivity contribution in [1.82, 2.24) is 4.98 Å². The summed E-state index contributed by atoms with van der Waals surface area (Å²) < 4.78 is 5.13. The number of rotatable bonds is 5. The summed E-state index contributed by atoms with van der Waals surface area (Å²) in [5.74, 6) is -0.640. The molecule has 0 fully saturated rings. The molecule has 184 valence electrons. The molecule has 0 radical (unpaired) electrons. The molecule has 1 amide bonds. The number of anilines is 1. The summed E-state index contributed by atoms with van der Waals surface area (Å²) in [6.45, 7) is 2.13. The number of carbonyl (C=O) groups excluding carboxylic acids is 2. The van der Waals surface area contributed by atoms with Crippen molar-refractivity contribution in [3.8, 4) is 11.3 Å². The number of pyridine rings is 1. The fourth-order valence-corrected chi connectivity index (χ4v) is 6.19. The average Bonchev–Trinajstić information content (AvgIpc) is 3.22. The van der Waals surface area contributed by atoms with E-state index in [1.54, 1.807) is 0 Å². The molecule has 4 aromatic rings. The van der Waals surface area contributed by atoms with Crippen LogP contribution in [0.4, 0.5) is 5.00 Å². The Morgan fingerprint density at radius 1 is 1.00 bits per heavy atom. The third-order valence-corrected chi connectivity index (χ3v) is 8.11. The van der Waals surface area contributed by atoms with Crippen LogP contribution in [0.15, 0.2) is 54.6 Å². The molecule has 1 aliphatic carbocycles. The summed E-state index contributed by atoms with van der Waals surface area (Å²) in [6, 6.07) is 17.8. The van der Waals surface area contributed by atoms with Gasteiger partial charge in [-0.1, -0.05) is 62.2 Å². The molecule has 1 N–H and O–H groups in total.